The summed E-state index contributed by atoms with van der Waals surface area (Å²) in [6, 6.07) is 8.06. The zero-order valence-electron chi connectivity index (χ0n) is 14.8. The minimum absolute atomic E-state index is 0.00192. The van der Waals surface area contributed by atoms with Crippen molar-refractivity contribution in [2.45, 2.75) is 61.5 Å². The molecule has 2 amide bonds. The van der Waals surface area contributed by atoms with Gasteiger partial charge in [0.15, 0.2) is 0 Å². The van der Waals surface area contributed by atoms with Gasteiger partial charge in [-0.2, -0.15) is 0 Å². The van der Waals surface area contributed by atoms with Crippen molar-refractivity contribution in [3.8, 4) is 0 Å². The molecule has 1 saturated carbocycles. The number of rotatable bonds is 7. The van der Waals surface area contributed by atoms with Crippen LogP contribution >= 0.6 is 23.4 Å². The van der Waals surface area contributed by atoms with Gasteiger partial charge >= 0.3 is 0 Å². The van der Waals surface area contributed by atoms with Gasteiger partial charge < -0.3 is 16.0 Å². The molecule has 1 aromatic carbocycles. The van der Waals surface area contributed by atoms with Crippen molar-refractivity contribution in [1.29, 1.82) is 0 Å². The molecule has 0 radical (unpaired) electrons. The molecule has 3 rings (SSSR count). The van der Waals surface area contributed by atoms with E-state index in [1.165, 1.54) is 12.8 Å². The molecule has 1 heterocycles. The molecular weight excluding hydrogens is 370 g/mol. The first kappa shape index (κ1) is 19.5. The highest BCUT2D eigenvalue weighted by molar-refractivity contribution is 7.99. The van der Waals surface area contributed by atoms with Crippen molar-refractivity contribution in [2.75, 3.05) is 12.3 Å². The van der Waals surface area contributed by atoms with E-state index in [0.717, 1.165) is 28.5 Å². The van der Waals surface area contributed by atoms with Crippen LogP contribution in [0.25, 0.3) is 0 Å². The van der Waals surface area contributed by atoms with Crippen LogP contribution in [0.1, 0.15) is 38.5 Å². The number of benzene rings is 1. The Bertz CT molecular complexity index is 626. The van der Waals surface area contributed by atoms with E-state index in [1.807, 2.05) is 24.3 Å². The molecular formula is C19H26ClN3O2S. The number of piperazine rings is 1. The van der Waals surface area contributed by atoms with Crippen LogP contribution in [-0.4, -0.2) is 42.2 Å². The summed E-state index contributed by atoms with van der Waals surface area (Å²) < 4.78 is 0. The Balaban J connectivity index is 1.32. The third kappa shape index (κ3) is 5.63. The Morgan fingerprint density at radius 3 is 2.69 bits per heavy atom. The number of halogens is 1. The van der Waals surface area contributed by atoms with Crippen LogP contribution in [0.3, 0.4) is 0 Å². The Labute approximate surface area is 164 Å². The van der Waals surface area contributed by atoms with Crippen molar-refractivity contribution in [2.24, 2.45) is 0 Å². The van der Waals surface area contributed by atoms with Crippen LogP contribution in [0, 0.1) is 0 Å². The predicted molar refractivity (Wildman–Crippen MR) is 106 cm³/mol. The smallest absolute Gasteiger partial charge is 0.237 e. The van der Waals surface area contributed by atoms with E-state index >= 15 is 0 Å². The van der Waals surface area contributed by atoms with Crippen molar-refractivity contribution in [3.63, 3.8) is 0 Å². The molecule has 0 bridgehead atoms. The number of carbonyl (C=O) groups excluding carboxylic acids is 2. The fourth-order valence-corrected chi connectivity index (χ4v) is 4.48. The van der Waals surface area contributed by atoms with E-state index in [4.69, 9.17) is 11.6 Å². The fraction of sp³-hybridized carbons (Fsp3) is 0.579. The third-order valence-corrected chi connectivity index (χ3v) is 6.26. The van der Waals surface area contributed by atoms with Crippen molar-refractivity contribution in [1.82, 2.24) is 16.0 Å². The van der Waals surface area contributed by atoms with E-state index in [-0.39, 0.29) is 23.9 Å². The van der Waals surface area contributed by atoms with Crippen LogP contribution in [0.4, 0.5) is 0 Å². The largest absolute Gasteiger partial charge is 0.355 e. The van der Waals surface area contributed by atoms with Gasteiger partial charge in [0.25, 0.3) is 0 Å². The minimum atomic E-state index is -0.247. The quantitative estimate of drug-likeness (QED) is 0.490. The van der Waals surface area contributed by atoms with Gasteiger partial charge in [-0.1, -0.05) is 24.4 Å². The number of amides is 2. The van der Waals surface area contributed by atoms with Crippen molar-refractivity contribution >= 4 is 35.2 Å². The lowest BCUT2D eigenvalue weighted by Crippen LogP contribution is -2.64. The second kappa shape index (κ2) is 9.62. The van der Waals surface area contributed by atoms with Crippen LogP contribution in [0.5, 0.6) is 0 Å². The molecule has 5 nitrogen and oxygen atoms in total. The molecule has 3 N–H and O–H groups in total. The normalized spacial score (nSPS) is 25.3. The van der Waals surface area contributed by atoms with Gasteiger partial charge in [-0.05, 0) is 43.5 Å². The highest BCUT2D eigenvalue weighted by Gasteiger charge is 2.35. The fourth-order valence-electron chi connectivity index (χ4n) is 3.59. The first-order chi connectivity index (χ1) is 12.6. The molecule has 2 aliphatic rings. The number of nitrogens with one attached hydrogen (secondary N) is 3. The van der Waals surface area contributed by atoms with Gasteiger partial charge in [0, 0.05) is 40.7 Å². The molecule has 1 saturated heterocycles. The van der Waals surface area contributed by atoms with E-state index in [9.17, 15) is 9.59 Å². The highest BCUT2D eigenvalue weighted by Crippen LogP contribution is 2.22. The zero-order chi connectivity index (χ0) is 18.4. The summed E-state index contributed by atoms with van der Waals surface area (Å²) in [4.78, 5) is 25.4. The lowest BCUT2D eigenvalue weighted by Gasteiger charge is -2.40. The van der Waals surface area contributed by atoms with Gasteiger partial charge in [-0.15, -0.1) is 11.8 Å². The number of thioether (sulfide) groups is 1. The van der Waals surface area contributed by atoms with E-state index < -0.39 is 0 Å². The van der Waals surface area contributed by atoms with Gasteiger partial charge in [0.05, 0.1) is 6.04 Å². The van der Waals surface area contributed by atoms with E-state index in [2.05, 4.69) is 16.0 Å². The number of hydrogen-bond acceptors (Lipinski definition) is 4. The molecule has 3 atom stereocenters. The second-order valence-corrected chi connectivity index (χ2v) is 8.52. The number of hydrogen-bond donors (Lipinski definition) is 3. The Hall–Kier alpha value is -1.24. The van der Waals surface area contributed by atoms with Gasteiger partial charge in [-0.3, -0.25) is 9.59 Å². The zero-order valence-corrected chi connectivity index (χ0v) is 16.4. The molecule has 26 heavy (non-hydrogen) atoms. The maximum atomic E-state index is 12.2. The number of fused-ring (bicyclic) bond motifs is 1. The van der Waals surface area contributed by atoms with Crippen molar-refractivity contribution < 1.29 is 9.59 Å². The minimum Gasteiger partial charge on any atom is -0.355 e. The Kier molecular flexibility index (Phi) is 7.23. The van der Waals surface area contributed by atoms with Gasteiger partial charge in [-0.25, -0.2) is 0 Å². The summed E-state index contributed by atoms with van der Waals surface area (Å²) in [6.07, 6.45) is 5.48. The van der Waals surface area contributed by atoms with Crippen LogP contribution < -0.4 is 16.0 Å². The van der Waals surface area contributed by atoms with E-state index in [1.54, 1.807) is 11.8 Å². The molecule has 1 aromatic rings. The van der Waals surface area contributed by atoms with Gasteiger partial charge in [0.2, 0.25) is 11.8 Å². The molecule has 3 unspecified atom stereocenters. The maximum Gasteiger partial charge on any atom is 0.237 e. The first-order valence-corrected chi connectivity index (χ1v) is 10.7. The number of carbonyl (C=O) groups is 2. The van der Waals surface area contributed by atoms with E-state index in [0.29, 0.717) is 25.4 Å². The average Bonchev–Trinajstić information content (AvgIpc) is 2.65. The Morgan fingerprint density at radius 2 is 1.92 bits per heavy atom. The second-order valence-electron chi connectivity index (χ2n) is 6.92. The van der Waals surface area contributed by atoms with Crippen LogP contribution in [0.2, 0.25) is 5.02 Å². The molecule has 1 aliphatic carbocycles. The molecule has 7 heteroatoms. The lowest BCUT2D eigenvalue weighted by molar-refractivity contribution is -0.127. The first-order valence-electron chi connectivity index (χ1n) is 9.33. The highest BCUT2D eigenvalue weighted by atomic mass is 35.5. The summed E-state index contributed by atoms with van der Waals surface area (Å²) in [5.41, 5.74) is 0. The predicted octanol–water partition coefficient (Wildman–Crippen LogP) is 2.73. The summed E-state index contributed by atoms with van der Waals surface area (Å²) in [7, 11) is 0. The third-order valence-electron chi connectivity index (χ3n) is 4.99. The molecule has 2 fully saturated rings. The topological polar surface area (TPSA) is 70.2 Å². The lowest BCUT2D eigenvalue weighted by atomic mass is 9.87. The van der Waals surface area contributed by atoms with Crippen LogP contribution in [0.15, 0.2) is 29.2 Å². The van der Waals surface area contributed by atoms with Gasteiger partial charge in [0.1, 0.15) is 0 Å². The summed E-state index contributed by atoms with van der Waals surface area (Å²) in [5, 5.41) is 10.2. The standard InChI is InChI=1S/C19H26ClN3O2S/c20-13-5-7-14(8-6-13)26-12-11-21-18(24)10-9-17-19(25)23-16-4-2-1-3-15(16)22-17/h5-8,15-17,22H,1-4,9-12H2,(H,21,24)(H,23,25). The SMILES string of the molecule is O=C(CCC1NC2CCCCC2NC1=O)NCCSc1ccc(Cl)cc1. The average molecular weight is 396 g/mol. The van der Waals surface area contributed by atoms with Crippen molar-refractivity contribution in [3.05, 3.63) is 29.3 Å². The molecule has 142 valence electrons. The summed E-state index contributed by atoms with van der Waals surface area (Å²) >= 11 is 7.54. The monoisotopic (exact) mass is 395 g/mol. The Morgan fingerprint density at radius 1 is 1.19 bits per heavy atom. The molecule has 1 aliphatic heterocycles. The molecule has 0 aromatic heterocycles. The van der Waals surface area contributed by atoms with Crippen LogP contribution in [-0.2, 0) is 9.59 Å². The maximum absolute atomic E-state index is 12.2. The summed E-state index contributed by atoms with van der Waals surface area (Å²) in [6.45, 7) is 0.612. The molecule has 0 spiro atoms. The summed E-state index contributed by atoms with van der Waals surface area (Å²) in [5.74, 6) is 0.848.